The predicted octanol–water partition coefficient (Wildman–Crippen LogP) is 2.71. The molecule has 2 aromatic heterocycles. The van der Waals surface area contributed by atoms with Gasteiger partial charge in [-0.15, -0.1) is 10.2 Å². The summed E-state index contributed by atoms with van der Waals surface area (Å²) in [5, 5.41) is 16.9. The van der Waals surface area contributed by atoms with Crippen LogP contribution in [0.3, 0.4) is 0 Å². The number of amides is 2. The highest BCUT2D eigenvalue weighted by Gasteiger charge is 2.27. The Balaban J connectivity index is 1.48. The van der Waals surface area contributed by atoms with Gasteiger partial charge in [0.25, 0.3) is 0 Å². The molecule has 0 aromatic carbocycles. The lowest BCUT2D eigenvalue weighted by Crippen LogP contribution is -2.33. The van der Waals surface area contributed by atoms with Crippen molar-refractivity contribution in [2.24, 2.45) is 13.0 Å². The van der Waals surface area contributed by atoms with E-state index in [4.69, 9.17) is 0 Å². The third kappa shape index (κ3) is 4.31. The molecule has 3 heterocycles. The standard InChI is InChI=1S/C16H24N6OS/c1-3-4-5-14-19-20-15(24-14)18-16(23)22-7-6-12(11-22)8-13-9-17-21(2)10-13/h9-10,12H,3-8,11H2,1-2H3,(H,18,20,23)/t12-/m0/s1. The van der Waals surface area contributed by atoms with Gasteiger partial charge in [0.1, 0.15) is 5.01 Å². The molecule has 1 atom stereocenters. The first-order valence-electron chi connectivity index (χ1n) is 8.50. The Bertz CT molecular complexity index is 682. The molecule has 1 aliphatic rings. The van der Waals surface area contributed by atoms with E-state index in [0.29, 0.717) is 11.0 Å². The third-order valence-electron chi connectivity index (χ3n) is 4.28. The number of nitrogens with one attached hydrogen (secondary N) is 1. The highest BCUT2D eigenvalue weighted by molar-refractivity contribution is 7.15. The van der Waals surface area contributed by atoms with Gasteiger partial charge >= 0.3 is 6.03 Å². The second-order valence-corrected chi connectivity index (χ2v) is 7.42. The van der Waals surface area contributed by atoms with Gasteiger partial charge in [-0.25, -0.2) is 4.79 Å². The Hall–Kier alpha value is -1.96. The lowest BCUT2D eigenvalue weighted by atomic mass is 10.0. The van der Waals surface area contributed by atoms with E-state index >= 15 is 0 Å². The zero-order chi connectivity index (χ0) is 16.9. The van der Waals surface area contributed by atoms with E-state index in [1.54, 1.807) is 0 Å². The molecule has 0 bridgehead atoms. The van der Waals surface area contributed by atoms with Crippen LogP contribution in [0.5, 0.6) is 0 Å². The van der Waals surface area contributed by atoms with E-state index in [2.05, 4.69) is 27.5 Å². The number of unbranched alkanes of at least 4 members (excludes halogenated alkanes) is 1. The average Bonchev–Trinajstić information content (AvgIpc) is 3.28. The summed E-state index contributed by atoms with van der Waals surface area (Å²) in [5.74, 6) is 0.495. The zero-order valence-corrected chi connectivity index (χ0v) is 15.1. The minimum atomic E-state index is -0.0677. The normalized spacial score (nSPS) is 17.4. The lowest BCUT2D eigenvalue weighted by Gasteiger charge is -2.16. The lowest BCUT2D eigenvalue weighted by molar-refractivity contribution is 0.220. The van der Waals surface area contributed by atoms with Crippen LogP contribution < -0.4 is 5.32 Å². The fourth-order valence-corrected chi connectivity index (χ4v) is 3.77. The monoisotopic (exact) mass is 348 g/mol. The topological polar surface area (TPSA) is 75.9 Å². The number of nitrogens with zero attached hydrogens (tertiary/aromatic N) is 5. The molecule has 130 valence electrons. The number of anilines is 1. The van der Waals surface area contributed by atoms with Crippen LogP contribution in [-0.2, 0) is 19.9 Å². The van der Waals surface area contributed by atoms with Crippen molar-refractivity contribution in [2.45, 2.75) is 39.0 Å². The summed E-state index contributed by atoms with van der Waals surface area (Å²) in [5.41, 5.74) is 1.23. The van der Waals surface area contributed by atoms with Crippen LogP contribution in [0.2, 0.25) is 0 Å². The quantitative estimate of drug-likeness (QED) is 0.871. The van der Waals surface area contributed by atoms with Crippen molar-refractivity contribution >= 4 is 22.5 Å². The Morgan fingerprint density at radius 2 is 2.33 bits per heavy atom. The highest BCUT2D eigenvalue weighted by Crippen LogP contribution is 2.23. The van der Waals surface area contributed by atoms with E-state index < -0.39 is 0 Å². The Morgan fingerprint density at radius 3 is 3.08 bits per heavy atom. The molecule has 1 fully saturated rings. The first-order valence-corrected chi connectivity index (χ1v) is 9.31. The molecule has 7 nitrogen and oxygen atoms in total. The van der Waals surface area contributed by atoms with Gasteiger partial charge < -0.3 is 4.90 Å². The molecule has 8 heteroatoms. The summed E-state index contributed by atoms with van der Waals surface area (Å²) < 4.78 is 1.82. The van der Waals surface area contributed by atoms with Crippen LogP contribution in [0, 0.1) is 5.92 Å². The van der Waals surface area contributed by atoms with Gasteiger partial charge in [-0.2, -0.15) is 5.10 Å². The maximum atomic E-state index is 12.4. The number of rotatable bonds is 6. The number of carbonyl (C=O) groups excluding carboxylic acids is 1. The first kappa shape index (κ1) is 16.9. The Morgan fingerprint density at radius 1 is 1.46 bits per heavy atom. The van der Waals surface area contributed by atoms with Gasteiger partial charge in [-0.3, -0.25) is 10.00 Å². The van der Waals surface area contributed by atoms with Crippen LogP contribution in [0.15, 0.2) is 12.4 Å². The van der Waals surface area contributed by atoms with E-state index in [1.165, 1.54) is 16.9 Å². The number of hydrogen-bond donors (Lipinski definition) is 1. The van der Waals surface area contributed by atoms with Crippen LogP contribution in [0.4, 0.5) is 9.93 Å². The summed E-state index contributed by atoms with van der Waals surface area (Å²) in [4.78, 5) is 14.2. The molecule has 0 aliphatic carbocycles. The molecular formula is C16H24N6OS. The molecule has 0 spiro atoms. The SMILES string of the molecule is CCCCc1nnc(NC(=O)N2CC[C@@H](Cc3cnn(C)c3)C2)s1. The highest BCUT2D eigenvalue weighted by atomic mass is 32.1. The summed E-state index contributed by atoms with van der Waals surface area (Å²) in [6.07, 6.45) is 9.11. The molecule has 1 N–H and O–H groups in total. The smallest absolute Gasteiger partial charge is 0.323 e. The average molecular weight is 348 g/mol. The van der Waals surface area contributed by atoms with Gasteiger partial charge in [0.2, 0.25) is 5.13 Å². The molecule has 24 heavy (non-hydrogen) atoms. The number of likely N-dealkylation sites (tertiary alicyclic amines) is 1. The summed E-state index contributed by atoms with van der Waals surface area (Å²) in [7, 11) is 1.93. The van der Waals surface area contributed by atoms with Gasteiger partial charge in [-0.1, -0.05) is 24.7 Å². The number of urea groups is 1. The van der Waals surface area contributed by atoms with Gasteiger partial charge in [0.15, 0.2) is 0 Å². The number of aromatic nitrogens is 4. The van der Waals surface area contributed by atoms with E-state index in [-0.39, 0.29) is 6.03 Å². The van der Waals surface area contributed by atoms with Crippen molar-refractivity contribution in [3.05, 3.63) is 23.0 Å². The predicted molar refractivity (Wildman–Crippen MR) is 94.1 cm³/mol. The van der Waals surface area contributed by atoms with Crippen LogP contribution in [0.25, 0.3) is 0 Å². The van der Waals surface area contributed by atoms with Crippen molar-refractivity contribution in [2.75, 3.05) is 18.4 Å². The van der Waals surface area contributed by atoms with Crippen molar-refractivity contribution in [1.29, 1.82) is 0 Å². The third-order valence-corrected chi connectivity index (χ3v) is 5.18. The molecule has 0 radical (unpaired) electrons. The molecule has 0 saturated carbocycles. The van der Waals surface area contributed by atoms with Gasteiger partial charge in [0.05, 0.1) is 6.20 Å². The van der Waals surface area contributed by atoms with Crippen molar-refractivity contribution in [3.8, 4) is 0 Å². The molecule has 2 amide bonds. The Kier molecular flexibility index (Phi) is 5.44. The zero-order valence-electron chi connectivity index (χ0n) is 14.2. The fourth-order valence-electron chi connectivity index (χ4n) is 3.00. The van der Waals surface area contributed by atoms with Gasteiger partial charge in [0, 0.05) is 32.8 Å². The number of aryl methyl sites for hydroxylation is 2. The second kappa shape index (κ2) is 7.74. The van der Waals surface area contributed by atoms with Crippen LogP contribution >= 0.6 is 11.3 Å². The maximum Gasteiger partial charge on any atom is 0.323 e. The minimum Gasteiger partial charge on any atom is -0.324 e. The summed E-state index contributed by atoms with van der Waals surface area (Å²) in [6, 6.07) is -0.0677. The summed E-state index contributed by atoms with van der Waals surface area (Å²) >= 11 is 1.47. The number of hydrogen-bond acceptors (Lipinski definition) is 5. The van der Waals surface area contributed by atoms with E-state index in [1.807, 2.05) is 29.0 Å². The van der Waals surface area contributed by atoms with E-state index in [0.717, 1.165) is 50.2 Å². The fraction of sp³-hybridized carbons (Fsp3) is 0.625. The van der Waals surface area contributed by atoms with E-state index in [9.17, 15) is 4.79 Å². The van der Waals surface area contributed by atoms with Crippen molar-refractivity contribution < 1.29 is 4.79 Å². The molecule has 0 unspecified atom stereocenters. The molecule has 2 aromatic rings. The summed E-state index contributed by atoms with van der Waals surface area (Å²) in [6.45, 7) is 3.72. The van der Waals surface area contributed by atoms with Crippen molar-refractivity contribution in [3.63, 3.8) is 0 Å². The largest absolute Gasteiger partial charge is 0.324 e. The molecular weight excluding hydrogens is 324 g/mol. The van der Waals surface area contributed by atoms with Gasteiger partial charge in [-0.05, 0) is 30.7 Å². The molecule has 1 aliphatic heterocycles. The van der Waals surface area contributed by atoms with Crippen LogP contribution in [-0.4, -0.2) is 44.0 Å². The molecule has 1 saturated heterocycles. The maximum absolute atomic E-state index is 12.4. The Labute approximate surface area is 146 Å². The number of carbonyl (C=O) groups is 1. The first-order chi connectivity index (χ1) is 11.6. The second-order valence-electron chi connectivity index (χ2n) is 6.36. The molecule has 3 rings (SSSR count). The van der Waals surface area contributed by atoms with Crippen molar-refractivity contribution in [1.82, 2.24) is 24.9 Å². The van der Waals surface area contributed by atoms with Crippen LogP contribution in [0.1, 0.15) is 36.8 Å². The minimum absolute atomic E-state index is 0.0677.